The quantitative estimate of drug-likeness (QED) is 0.634. The number of thiazole rings is 1. The fourth-order valence-electron chi connectivity index (χ4n) is 3.62. The van der Waals surface area contributed by atoms with Gasteiger partial charge in [0.05, 0.1) is 16.0 Å². The fraction of sp³-hybridized carbons (Fsp3) is 0.619. The predicted octanol–water partition coefficient (Wildman–Crippen LogP) is 6.18. The van der Waals surface area contributed by atoms with Gasteiger partial charge in [-0.2, -0.15) is 0 Å². The lowest BCUT2D eigenvalue weighted by Gasteiger charge is -2.19. The number of hydrogen-bond acceptors (Lipinski definition) is 4. The van der Waals surface area contributed by atoms with E-state index in [0.717, 1.165) is 22.7 Å². The van der Waals surface area contributed by atoms with Gasteiger partial charge < -0.3 is 5.32 Å². The lowest BCUT2D eigenvalue weighted by molar-refractivity contribution is -0.119. The van der Waals surface area contributed by atoms with Gasteiger partial charge in [-0.05, 0) is 25.0 Å². The first-order valence-corrected chi connectivity index (χ1v) is 11.9. The van der Waals surface area contributed by atoms with Crippen LogP contribution in [0.1, 0.15) is 70.6 Å². The topological polar surface area (TPSA) is 42.0 Å². The number of carbonyl (C=O) groups excluding carboxylic acids is 1. The van der Waals surface area contributed by atoms with Crippen LogP contribution < -0.4 is 5.32 Å². The molecule has 1 aromatic heterocycles. The predicted molar refractivity (Wildman–Crippen MR) is 113 cm³/mol. The van der Waals surface area contributed by atoms with E-state index in [2.05, 4.69) is 16.4 Å². The highest BCUT2D eigenvalue weighted by Gasteiger charge is 2.14. The molecule has 0 radical (unpaired) electrons. The van der Waals surface area contributed by atoms with Crippen LogP contribution in [0.5, 0.6) is 0 Å². The van der Waals surface area contributed by atoms with Crippen LogP contribution >= 0.6 is 23.1 Å². The Balaban J connectivity index is 1.45. The van der Waals surface area contributed by atoms with E-state index in [0.29, 0.717) is 11.8 Å². The summed E-state index contributed by atoms with van der Waals surface area (Å²) in [6.45, 7) is 0. The molecule has 0 atom stereocenters. The normalized spacial score (nSPS) is 18.2. The first-order valence-electron chi connectivity index (χ1n) is 10.1. The lowest BCUT2D eigenvalue weighted by atomic mass is 9.98. The number of aromatic nitrogens is 1. The van der Waals surface area contributed by atoms with Gasteiger partial charge in [0.1, 0.15) is 0 Å². The number of amides is 1. The number of hydrogen-bond donors (Lipinski definition) is 1. The van der Waals surface area contributed by atoms with E-state index in [1.165, 1.54) is 62.5 Å². The van der Waals surface area contributed by atoms with Crippen molar-refractivity contribution in [2.24, 2.45) is 0 Å². The molecule has 0 saturated heterocycles. The number of nitrogens with zero attached hydrogens (tertiary/aromatic N) is 1. The molecule has 5 heteroatoms. The Morgan fingerprint density at radius 3 is 2.27 bits per heavy atom. The van der Waals surface area contributed by atoms with E-state index in [1.807, 2.05) is 18.2 Å². The minimum absolute atomic E-state index is 0.159. The molecule has 3 rings (SSSR count). The van der Waals surface area contributed by atoms with Crippen LogP contribution in [0.4, 0.5) is 0 Å². The molecule has 1 fully saturated rings. The van der Waals surface area contributed by atoms with E-state index >= 15 is 0 Å². The molecule has 1 heterocycles. The third-order valence-corrected chi connectivity index (χ3v) is 7.25. The molecule has 1 saturated carbocycles. The molecule has 142 valence electrons. The molecule has 0 bridgehead atoms. The maximum atomic E-state index is 12.4. The third-order valence-electron chi connectivity index (χ3n) is 5.07. The number of fused-ring (bicyclic) bond motifs is 1. The Kier molecular flexibility index (Phi) is 8.27. The zero-order valence-corrected chi connectivity index (χ0v) is 17.2. The van der Waals surface area contributed by atoms with Gasteiger partial charge >= 0.3 is 0 Å². The first-order chi connectivity index (χ1) is 12.8. The van der Waals surface area contributed by atoms with Gasteiger partial charge in [-0.3, -0.25) is 4.79 Å². The van der Waals surface area contributed by atoms with Crippen molar-refractivity contribution in [1.29, 1.82) is 0 Å². The van der Waals surface area contributed by atoms with Crippen LogP contribution in [-0.4, -0.2) is 22.7 Å². The molecular weight excluding hydrogens is 360 g/mol. The van der Waals surface area contributed by atoms with Crippen molar-refractivity contribution in [3.05, 3.63) is 24.3 Å². The van der Waals surface area contributed by atoms with Gasteiger partial charge in [-0.25, -0.2) is 4.98 Å². The molecule has 1 N–H and O–H groups in total. The number of benzene rings is 1. The second kappa shape index (κ2) is 10.9. The van der Waals surface area contributed by atoms with Gasteiger partial charge in [0.15, 0.2) is 4.34 Å². The summed E-state index contributed by atoms with van der Waals surface area (Å²) in [5.74, 6) is 0.627. The molecule has 1 aliphatic rings. The number of nitrogens with one attached hydrogen (secondary N) is 1. The van der Waals surface area contributed by atoms with Crippen LogP contribution in [0.15, 0.2) is 28.6 Å². The molecule has 2 aromatic rings. The van der Waals surface area contributed by atoms with E-state index in [1.54, 1.807) is 23.1 Å². The van der Waals surface area contributed by atoms with Crippen molar-refractivity contribution in [3.63, 3.8) is 0 Å². The number of thioether (sulfide) groups is 1. The van der Waals surface area contributed by atoms with Gasteiger partial charge in [0.25, 0.3) is 0 Å². The van der Waals surface area contributed by atoms with Crippen molar-refractivity contribution >= 4 is 39.2 Å². The highest BCUT2D eigenvalue weighted by atomic mass is 32.2. The van der Waals surface area contributed by atoms with E-state index in [9.17, 15) is 4.79 Å². The van der Waals surface area contributed by atoms with Crippen molar-refractivity contribution in [1.82, 2.24) is 10.3 Å². The van der Waals surface area contributed by atoms with Crippen LogP contribution in [0.2, 0.25) is 0 Å². The zero-order valence-electron chi connectivity index (χ0n) is 15.5. The SMILES string of the molecule is O=C(CSc1nc2ccccc2s1)NC1CCCCCCCCCCC1. The zero-order chi connectivity index (χ0) is 18.0. The van der Waals surface area contributed by atoms with E-state index < -0.39 is 0 Å². The van der Waals surface area contributed by atoms with Crippen molar-refractivity contribution < 1.29 is 4.79 Å². The summed E-state index contributed by atoms with van der Waals surface area (Å²) in [4.78, 5) is 17.0. The number of carbonyl (C=O) groups is 1. The third kappa shape index (κ3) is 6.58. The fourth-order valence-corrected chi connectivity index (χ4v) is 5.50. The molecule has 3 nitrogen and oxygen atoms in total. The van der Waals surface area contributed by atoms with Crippen LogP contribution in [0, 0.1) is 0 Å². The summed E-state index contributed by atoms with van der Waals surface area (Å²) >= 11 is 3.23. The second-order valence-corrected chi connectivity index (χ2v) is 9.51. The van der Waals surface area contributed by atoms with Gasteiger partial charge in [0, 0.05) is 6.04 Å². The maximum absolute atomic E-state index is 12.4. The molecule has 26 heavy (non-hydrogen) atoms. The largest absolute Gasteiger partial charge is 0.353 e. The molecule has 0 aliphatic heterocycles. The second-order valence-electron chi connectivity index (χ2n) is 7.26. The highest BCUT2D eigenvalue weighted by molar-refractivity contribution is 8.01. The van der Waals surface area contributed by atoms with Crippen molar-refractivity contribution in [2.45, 2.75) is 81.0 Å². The average Bonchev–Trinajstić information content (AvgIpc) is 3.05. The Morgan fingerprint density at radius 1 is 1.00 bits per heavy atom. The Labute approximate surface area is 165 Å². The molecule has 1 amide bonds. The van der Waals surface area contributed by atoms with E-state index in [-0.39, 0.29) is 5.91 Å². The van der Waals surface area contributed by atoms with Gasteiger partial charge in [-0.15, -0.1) is 11.3 Å². The summed E-state index contributed by atoms with van der Waals surface area (Å²) in [6.07, 6.45) is 14.3. The highest BCUT2D eigenvalue weighted by Crippen LogP contribution is 2.29. The Hall–Kier alpha value is -1.07. The first kappa shape index (κ1) is 19.7. The van der Waals surface area contributed by atoms with E-state index in [4.69, 9.17) is 0 Å². The summed E-state index contributed by atoms with van der Waals surface area (Å²) in [7, 11) is 0. The maximum Gasteiger partial charge on any atom is 0.230 e. The summed E-state index contributed by atoms with van der Waals surface area (Å²) in [6, 6.07) is 8.51. The molecule has 1 aromatic carbocycles. The average molecular weight is 391 g/mol. The number of para-hydroxylation sites is 1. The summed E-state index contributed by atoms with van der Waals surface area (Å²) in [5.41, 5.74) is 1.03. The Bertz CT molecular complexity index is 640. The molecule has 0 unspecified atom stereocenters. The summed E-state index contributed by atoms with van der Waals surface area (Å²) < 4.78 is 2.18. The minimum atomic E-state index is 0.159. The molecule has 1 aliphatic carbocycles. The van der Waals surface area contributed by atoms with Gasteiger partial charge in [-0.1, -0.05) is 81.7 Å². The monoisotopic (exact) mass is 390 g/mol. The van der Waals surface area contributed by atoms with Crippen molar-refractivity contribution in [2.75, 3.05) is 5.75 Å². The Morgan fingerprint density at radius 2 is 1.62 bits per heavy atom. The molecular formula is C21H30N2OS2. The standard InChI is InChI=1S/C21H30N2OS2/c24-20(16-25-21-23-18-14-10-11-15-19(18)26-21)22-17-12-8-6-4-2-1-3-5-7-9-13-17/h10-11,14-15,17H,1-9,12-13,16H2,(H,22,24). The number of rotatable bonds is 4. The summed E-state index contributed by atoms with van der Waals surface area (Å²) in [5, 5.41) is 3.29. The van der Waals surface area contributed by atoms with Crippen LogP contribution in [0.25, 0.3) is 10.2 Å². The smallest absolute Gasteiger partial charge is 0.230 e. The van der Waals surface area contributed by atoms with Crippen LogP contribution in [-0.2, 0) is 4.79 Å². The molecule has 0 spiro atoms. The minimum Gasteiger partial charge on any atom is -0.353 e. The van der Waals surface area contributed by atoms with Crippen LogP contribution in [0.3, 0.4) is 0 Å². The van der Waals surface area contributed by atoms with Gasteiger partial charge in [0.2, 0.25) is 5.91 Å². The lowest BCUT2D eigenvalue weighted by Crippen LogP contribution is -2.36. The van der Waals surface area contributed by atoms with Crippen molar-refractivity contribution in [3.8, 4) is 0 Å².